The Kier molecular flexibility index (Phi) is 3.30. The summed E-state index contributed by atoms with van der Waals surface area (Å²) in [6, 6.07) is 9.16. The minimum atomic E-state index is 0.0626. The van der Waals surface area contributed by atoms with Crippen molar-refractivity contribution in [3.05, 3.63) is 41.5 Å². The van der Waals surface area contributed by atoms with E-state index in [1.165, 1.54) is 0 Å². The number of benzene rings is 2. The fourth-order valence-corrected chi connectivity index (χ4v) is 2.25. The topological polar surface area (TPSA) is 70.1 Å². The summed E-state index contributed by atoms with van der Waals surface area (Å²) in [4.78, 5) is 0. The molecule has 2 aromatic rings. The number of amidine groups is 1. The lowest BCUT2D eigenvalue weighted by atomic mass is 9.99. The van der Waals surface area contributed by atoms with Gasteiger partial charge in [0.2, 0.25) is 0 Å². The van der Waals surface area contributed by atoms with Crippen LogP contribution < -0.4 is 5.73 Å². The molecule has 0 saturated carbocycles. The SMILES string of the molecule is N=C(N)c1ccc2c(CCP)c(O)ccc2c1. The highest BCUT2D eigenvalue weighted by molar-refractivity contribution is 7.16. The van der Waals surface area contributed by atoms with E-state index in [-0.39, 0.29) is 5.84 Å². The van der Waals surface area contributed by atoms with Gasteiger partial charge < -0.3 is 10.8 Å². The van der Waals surface area contributed by atoms with Crippen LogP contribution in [0.5, 0.6) is 5.75 Å². The van der Waals surface area contributed by atoms with Crippen molar-refractivity contribution in [1.29, 1.82) is 5.41 Å². The first-order valence-electron chi connectivity index (χ1n) is 5.42. The van der Waals surface area contributed by atoms with Gasteiger partial charge in [-0.15, -0.1) is 9.24 Å². The molecule has 0 spiro atoms. The number of nitrogen functional groups attached to an aromatic ring is 1. The molecule has 0 heterocycles. The van der Waals surface area contributed by atoms with Crippen molar-refractivity contribution in [2.24, 2.45) is 5.73 Å². The first kappa shape index (κ1) is 11.9. The van der Waals surface area contributed by atoms with Crippen LogP contribution in [0.15, 0.2) is 30.3 Å². The van der Waals surface area contributed by atoms with Crippen molar-refractivity contribution in [1.82, 2.24) is 0 Å². The molecule has 4 N–H and O–H groups in total. The zero-order chi connectivity index (χ0) is 12.4. The highest BCUT2D eigenvalue weighted by atomic mass is 31.0. The molecule has 0 aromatic heterocycles. The van der Waals surface area contributed by atoms with Gasteiger partial charge in [0.05, 0.1) is 0 Å². The van der Waals surface area contributed by atoms with E-state index in [9.17, 15) is 5.11 Å². The molecule has 2 rings (SSSR count). The summed E-state index contributed by atoms with van der Waals surface area (Å²) in [7, 11) is 2.66. The standard InChI is InChI=1S/C13H15N2OP/c14-13(15)9-1-3-10-8(7-9)2-4-12(16)11(10)5-6-17/h1-4,7,16H,5-6,17H2,(H3,14,15). The molecule has 17 heavy (non-hydrogen) atoms. The summed E-state index contributed by atoms with van der Waals surface area (Å²) in [6.45, 7) is 0. The lowest BCUT2D eigenvalue weighted by molar-refractivity contribution is 0.470. The van der Waals surface area contributed by atoms with Gasteiger partial charge >= 0.3 is 0 Å². The second-order valence-corrected chi connectivity index (χ2v) is 4.53. The number of nitrogens with two attached hydrogens (primary N) is 1. The number of aryl methyl sites for hydroxylation is 1. The van der Waals surface area contributed by atoms with Gasteiger partial charge in [0.25, 0.3) is 0 Å². The first-order chi connectivity index (χ1) is 8.13. The fourth-order valence-electron chi connectivity index (χ4n) is 1.96. The minimum Gasteiger partial charge on any atom is -0.508 e. The number of hydrogen-bond donors (Lipinski definition) is 3. The first-order valence-corrected chi connectivity index (χ1v) is 6.24. The number of aromatic hydroxyl groups is 1. The number of nitrogens with one attached hydrogen (secondary N) is 1. The van der Waals surface area contributed by atoms with Crippen molar-refractivity contribution in [3.8, 4) is 5.75 Å². The van der Waals surface area contributed by atoms with Gasteiger partial charge in [-0.25, -0.2) is 0 Å². The Balaban J connectivity index is 2.66. The Morgan fingerprint density at radius 2 is 2.06 bits per heavy atom. The monoisotopic (exact) mass is 246 g/mol. The number of fused-ring (bicyclic) bond motifs is 1. The Labute approximate surface area is 102 Å². The maximum atomic E-state index is 9.84. The predicted octanol–water partition coefficient (Wildman–Crippen LogP) is 2.25. The Morgan fingerprint density at radius 3 is 2.71 bits per heavy atom. The lowest BCUT2D eigenvalue weighted by Gasteiger charge is -2.09. The lowest BCUT2D eigenvalue weighted by Crippen LogP contribution is -2.10. The normalized spacial score (nSPS) is 10.6. The molecule has 0 saturated heterocycles. The molecule has 0 radical (unpaired) electrons. The second-order valence-electron chi connectivity index (χ2n) is 3.95. The average Bonchev–Trinajstić information content (AvgIpc) is 2.32. The van der Waals surface area contributed by atoms with E-state index in [2.05, 4.69) is 9.24 Å². The molecular formula is C13H15N2OP. The van der Waals surface area contributed by atoms with E-state index in [1.807, 2.05) is 24.3 Å². The molecule has 0 aliphatic rings. The van der Waals surface area contributed by atoms with E-state index in [0.29, 0.717) is 11.3 Å². The number of rotatable bonds is 3. The van der Waals surface area contributed by atoms with E-state index in [0.717, 1.165) is 28.9 Å². The van der Waals surface area contributed by atoms with Crippen LogP contribution in [0, 0.1) is 5.41 Å². The maximum Gasteiger partial charge on any atom is 0.122 e. The van der Waals surface area contributed by atoms with Crippen LogP contribution in [0.25, 0.3) is 10.8 Å². The number of phenols is 1. The highest BCUT2D eigenvalue weighted by Gasteiger charge is 2.07. The minimum absolute atomic E-state index is 0.0626. The molecule has 0 aliphatic carbocycles. The maximum absolute atomic E-state index is 9.84. The zero-order valence-corrected chi connectivity index (χ0v) is 10.6. The molecule has 0 aliphatic heterocycles. The molecular weight excluding hydrogens is 231 g/mol. The van der Waals surface area contributed by atoms with Crippen LogP contribution >= 0.6 is 9.24 Å². The van der Waals surface area contributed by atoms with Crippen LogP contribution in [0.2, 0.25) is 0 Å². The van der Waals surface area contributed by atoms with E-state index < -0.39 is 0 Å². The molecule has 2 aromatic carbocycles. The largest absolute Gasteiger partial charge is 0.508 e. The molecule has 4 heteroatoms. The Morgan fingerprint density at radius 1 is 1.29 bits per heavy atom. The summed E-state index contributed by atoms with van der Waals surface area (Å²) >= 11 is 0. The third-order valence-electron chi connectivity index (χ3n) is 2.81. The fraction of sp³-hybridized carbons (Fsp3) is 0.154. The van der Waals surface area contributed by atoms with Crippen molar-refractivity contribution in [2.45, 2.75) is 6.42 Å². The van der Waals surface area contributed by atoms with Gasteiger partial charge in [0.15, 0.2) is 0 Å². The van der Waals surface area contributed by atoms with Crippen molar-refractivity contribution in [2.75, 3.05) is 6.16 Å². The van der Waals surface area contributed by atoms with Gasteiger partial charge in [-0.05, 0) is 35.5 Å². The van der Waals surface area contributed by atoms with Gasteiger partial charge in [-0.1, -0.05) is 18.2 Å². The number of hydrogen-bond acceptors (Lipinski definition) is 2. The molecule has 3 nitrogen and oxygen atoms in total. The van der Waals surface area contributed by atoms with Crippen LogP contribution in [-0.4, -0.2) is 17.1 Å². The van der Waals surface area contributed by atoms with Crippen LogP contribution in [-0.2, 0) is 6.42 Å². The van der Waals surface area contributed by atoms with Gasteiger partial charge in [-0.2, -0.15) is 0 Å². The summed E-state index contributed by atoms with van der Waals surface area (Å²) < 4.78 is 0. The van der Waals surface area contributed by atoms with E-state index in [1.54, 1.807) is 6.07 Å². The quantitative estimate of drug-likeness (QED) is 0.441. The molecule has 0 bridgehead atoms. The van der Waals surface area contributed by atoms with Crippen molar-refractivity contribution >= 4 is 25.8 Å². The number of phenolic OH excluding ortho intramolecular Hbond substituents is 1. The summed E-state index contributed by atoms with van der Waals surface area (Å²) in [5.74, 6) is 0.392. The van der Waals surface area contributed by atoms with Crippen LogP contribution in [0.1, 0.15) is 11.1 Å². The Bertz CT molecular complexity index is 581. The highest BCUT2D eigenvalue weighted by Crippen LogP contribution is 2.28. The smallest absolute Gasteiger partial charge is 0.122 e. The predicted molar refractivity (Wildman–Crippen MR) is 74.9 cm³/mol. The average molecular weight is 246 g/mol. The zero-order valence-electron chi connectivity index (χ0n) is 9.40. The van der Waals surface area contributed by atoms with E-state index >= 15 is 0 Å². The van der Waals surface area contributed by atoms with Crippen molar-refractivity contribution < 1.29 is 5.11 Å². The molecule has 1 unspecified atom stereocenters. The van der Waals surface area contributed by atoms with Crippen LogP contribution in [0.3, 0.4) is 0 Å². The van der Waals surface area contributed by atoms with Crippen molar-refractivity contribution in [3.63, 3.8) is 0 Å². The third-order valence-corrected chi connectivity index (χ3v) is 3.10. The van der Waals surface area contributed by atoms with Gasteiger partial charge in [0.1, 0.15) is 11.6 Å². The molecule has 0 amide bonds. The molecule has 0 fully saturated rings. The molecule has 1 atom stereocenters. The summed E-state index contributed by atoms with van der Waals surface area (Å²) in [6.07, 6.45) is 1.72. The Hall–Kier alpha value is -1.60. The molecule has 88 valence electrons. The summed E-state index contributed by atoms with van der Waals surface area (Å²) in [5, 5.41) is 19.3. The van der Waals surface area contributed by atoms with E-state index in [4.69, 9.17) is 11.1 Å². The van der Waals surface area contributed by atoms with Gasteiger partial charge in [0, 0.05) is 11.1 Å². The van der Waals surface area contributed by atoms with Crippen LogP contribution in [0.4, 0.5) is 0 Å². The summed E-state index contributed by atoms with van der Waals surface area (Å²) in [5.41, 5.74) is 7.12. The van der Waals surface area contributed by atoms with Gasteiger partial charge in [-0.3, -0.25) is 5.41 Å². The second kappa shape index (κ2) is 4.72. The third kappa shape index (κ3) is 2.25.